The molecule has 0 amide bonds. The van der Waals surface area contributed by atoms with Gasteiger partial charge in [0.2, 0.25) is 0 Å². The fourth-order valence-electron chi connectivity index (χ4n) is 1.83. The van der Waals surface area contributed by atoms with Crippen molar-refractivity contribution in [2.75, 3.05) is 5.32 Å². The van der Waals surface area contributed by atoms with Crippen LogP contribution in [0.2, 0.25) is 0 Å². The van der Waals surface area contributed by atoms with E-state index in [0.717, 1.165) is 10.6 Å². The van der Waals surface area contributed by atoms with Crippen molar-refractivity contribution in [3.63, 3.8) is 0 Å². The molecule has 1 N–H and O–H groups in total. The molecule has 6 heteroatoms. The zero-order valence-corrected chi connectivity index (χ0v) is 11.8. The molecule has 0 aliphatic rings. The normalized spacial score (nSPS) is 11.3. The molecule has 1 heterocycles. The van der Waals surface area contributed by atoms with Gasteiger partial charge in [0.1, 0.15) is 10.7 Å². The van der Waals surface area contributed by atoms with Gasteiger partial charge < -0.3 is 5.32 Å². The Labute approximate surface area is 115 Å². The first kappa shape index (κ1) is 13.5. The molecule has 5 nitrogen and oxygen atoms in total. The summed E-state index contributed by atoms with van der Waals surface area (Å²) in [5, 5.41) is 17.1. The molecular weight excluding hydrogens is 262 g/mol. The van der Waals surface area contributed by atoms with Crippen LogP contribution in [-0.2, 0) is 5.54 Å². The van der Waals surface area contributed by atoms with E-state index in [2.05, 4.69) is 10.3 Å². The van der Waals surface area contributed by atoms with Crippen LogP contribution in [0.3, 0.4) is 0 Å². The van der Waals surface area contributed by atoms with Crippen molar-refractivity contribution in [1.29, 1.82) is 0 Å². The van der Waals surface area contributed by atoms with Crippen molar-refractivity contribution in [1.82, 2.24) is 4.98 Å². The molecule has 0 unspecified atom stereocenters. The van der Waals surface area contributed by atoms with Crippen LogP contribution in [0.1, 0.15) is 24.4 Å². The maximum atomic E-state index is 11.1. The van der Waals surface area contributed by atoms with Gasteiger partial charge in [-0.25, -0.2) is 4.98 Å². The van der Waals surface area contributed by atoms with Crippen molar-refractivity contribution in [3.8, 4) is 0 Å². The molecule has 0 saturated carbocycles. The monoisotopic (exact) mass is 277 g/mol. The predicted molar refractivity (Wildman–Crippen MR) is 76.6 cm³/mol. The number of hydrogen-bond acceptors (Lipinski definition) is 5. The van der Waals surface area contributed by atoms with E-state index in [1.165, 1.54) is 17.4 Å². The Morgan fingerprint density at radius 1 is 1.42 bits per heavy atom. The highest BCUT2D eigenvalue weighted by atomic mass is 32.1. The van der Waals surface area contributed by atoms with E-state index in [1.807, 2.05) is 26.2 Å². The summed E-state index contributed by atoms with van der Waals surface area (Å²) in [6.07, 6.45) is 1.73. The minimum Gasteiger partial charge on any atom is -0.368 e. The van der Waals surface area contributed by atoms with E-state index in [9.17, 15) is 10.1 Å². The Kier molecular flexibility index (Phi) is 3.53. The smallest absolute Gasteiger partial charge is 0.292 e. The molecule has 0 bridgehead atoms. The van der Waals surface area contributed by atoms with Crippen molar-refractivity contribution in [3.05, 3.63) is 50.5 Å². The molecule has 19 heavy (non-hydrogen) atoms. The highest BCUT2D eigenvalue weighted by molar-refractivity contribution is 7.09. The van der Waals surface area contributed by atoms with Gasteiger partial charge in [0.15, 0.2) is 0 Å². The molecule has 100 valence electrons. The van der Waals surface area contributed by atoms with Crippen LogP contribution in [0.4, 0.5) is 11.4 Å². The molecule has 0 spiro atoms. The largest absolute Gasteiger partial charge is 0.368 e. The molecule has 0 aliphatic heterocycles. The Bertz CT molecular complexity index is 594. The zero-order chi connectivity index (χ0) is 14.0. The van der Waals surface area contributed by atoms with Gasteiger partial charge in [0.05, 0.1) is 10.5 Å². The number of aryl methyl sites for hydroxylation is 1. The van der Waals surface area contributed by atoms with Crippen LogP contribution in [0, 0.1) is 17.0 Å². The molecule has 0 fully saturated rings. The van der Waals surface area contributed by atoms with E-state index < -0.39 is 5.54 Å². The first-order valence-corrected chi connectivity index (χ1v) is 6.71. The average molecular weight is 277 g/mol. The standard InChI is InChI=1S/C13H15N3O2S/c1-9-4-5-11(16(17)18)10(8-9)15-13(2,3)12-14-6-7-19-12/h4-8,15H,1-3H3. The Morgan fingerprint density at radius 2 is 2.16 bits per heavy atom. The number of nitrogens with one attached hydrogen (secondary N) is 1. The van der Waals surface area contributed by atoms with Gasteiger partial charge in [-0.3, -0.25) is 10.1 Å². The first-order chi connectivity index (χ1) is 8.90. The molecule has 0 radical (unpaired) electrons. The molecule has 2 aromatic rings. The second-order valence-electron chi connectivity index (χ2n) is 4.86. The third-order valence-electron chi connectivity index (χ3n) is 2.76. The predicted octanol–water partition coefficient (Wildman–Crippen LogP) is 3.71. The quantitative estimate of drug-likeness (QED) is 0.683. The van der Waals surface area contributed by atoms with E-state index in [-0.39, 0.29) is 10.6 Å². The van der Waals surface area contributed by atoms with Gasteiger partial charge in [0.25, 0.3) is 5.69 Å². The van der Waals surface area contributed by atoms with E-state index in [0.29, 0.717) is 5.69 Å². The Hall–Kier alpha value is -1.95. The van der Waals surface area contributed by atoms with E-state index in [4.69, 9.17) is 0 Å². The number of benzene rings is 1. The van der Waals surface area contributed by atoms with Gasteiger partial charge in [-0.1, -0.05) is 6.07 Å². The number of rotatable bonds is 4. The zero-order valence-electron chi connectivity index (χ0n) is 11.0. The van der Waals surface area contributed by atoms with Gasteiger partial charge in [-0.2, -0.15) is 0 Å². The highest BCUT2D eigenvalue weighted by Crippen LogP contribution is 2.32. The lowest BCUT2D eigenvalue weighted by molar-refractivity contribution is -0.384. The third kappa shape index (κ3) is 2.90. The molecule has 0 saturated heterocycles. The fraction of sp³-hybridized carbons (Fsp3) is 0.308. The number of thiazole rings is 1. The van der Waals surface area contributed by atoms with E-state index >= 15 is 0 Å². The molecule has 1 aromatic heterocycles. The lowest BCUT2D eigenvalue weighted by Crippen LogP contribution is -2.28. The number of nitro groups is 1. The van der Waals surface area contributed by atoms with Crippen molar-refractivity contribution >= 4 is 22.7 Å². The molecule has 1 aromatic carbocycles. The van der Waals surface area contributed by atoms with Crippen LogP contribution in [0.15, 0.2) is 29.8 Å². The second kappa shape index (κ2) is 4.97. The van der Waals surface area contributed by atoms with Crippen LogP contribution in [0.5, 0.6) is 0 Å². The molecular formula is C13H15N3O2S. The first-order valence-electron chi connectivity index (χ1n) is 5.83. The third-order valence-corrected chi connectivity index (χ3v) is 3.86. The summed E-state index contributed by atoms with van der Waals surface area (Å²) in [6.45, 7) is 5.82. The summed E-state index contributed by atoms with van der Waals surface area (Å²) >= 11 is 1.52. The van der Waals surface area contributed by atoms with Crippen molar-refractivity contribution in [2.24, 2.45) is 0 Å². The lowest BCUT2D eigenvalue weighted by Gasteiger charge is -2.25. The summed E-state index contributed by atoms with van der Waals surface area (Å²) in [5.41, 5.74) is 1.12. The number of hydrogen-bond donors (Lipinski definition) is 1. The maximum Gasteiger partial charge on any atom is 0.292 e. The van der Waals surface area contributed by atoms with Crippen LogP contribution in [-0.4, -0.2) is 9.91 Å². The summed E-state index contributed by atoms with van der Waals surface area (Å²) in [6, 6.07) is 5.04. The fourth-order valence-corrected chi connectivity index (χ4v) is 2.55. The van der Waals surface area contributed by atoms with E-state index in [1.54, 1.807) is 18.3 Å². The van der Waals surface area contributed by atoms with Crippen molar-refractivity contribution in [2.45, 2.75) is 26.3 Å². The Morgan fingerprint density at radius 3 is 2.74 bits per heavy atom. The van der Waals surface area contributed by atoms with Gasteiger partial charge in [0, 0.05) is 17.6 Å². The number of anilines is 1. The van der Waals surface area contributed by atoms with Crippen LogP contribution >= 0.6 is 11.3 Å². The van der Waals surface area contributed by atoms with Crippen LogP contribution in [0.25, 0.3) is 0 Å². The van der Waals surface area contributed by atoms with Gasteiger partial charge >= 0.3 is 0 Å². The summed E-state index contributed by atoms with van der Waals surface area (Å²) < 4.78 is 0. The second-order valence-corrected chi connectivity index (χ2v) is 5.76. The SMILES string of the molecule is Cc1ccc([N+](=O)[O-])c(NC(C)(C)c2nccs2)c1. The average Bonchev–Trinajstić information content (AvgIpc) is 2.81. The number of aromatic nitrogens is 1. The van der Waals surface area contributed by atoms with Crippen LogP contribution < -0.4 is 5.32 Å². The minimum atomic E-state index is -0.452. The minimum absolute atomic E-state index is 0.0789. The molecule has 0 atom stereocenters. The summed E-state index contributed by atoms with van der Waals surface area (Å²) in [5.74, 6) is 0. The highest BCUT2D eigenvalue weighted by Gasteiger charge is 2.26. The number of nitrogens with zero attached hydrogens (tertiary/aromatic N) is 2. The Balaban J connectivity index is 2.38. The number of nitro benzene ring substituents is 1. The summed E-state index contributed by atoms with van der Waals surface area (Å²) in [7, 11) is 0. The summed E-state index contributed by atoms with van der Waals surface area (Å²) in [4.78, 5) is 14.9. The van der Waals surface area contributed by atoms with Crippen molar-refractivity contribution < 1.29 is 4.92 Å². The van der Waals surface area contributed by atoms with Gasteiger partial charge in [-0.15, -0.1) is 11.3 Å². The molecule has 0 aliphatic carbocycles. The molecule has 2 rings (SSSR count). The topological polar surface area (TPSA) is 68.1 Å². The van der Waals surface area contributed by atoms with Gasteiger partial charge in [-0.05, 0) is 32.4 Å². The lowest BCUT2D eigenvalue weighted by atomic mass is 10.1. The maximum absolute atomic E-state index is 11.1.